The number of rotatable bonds is 8. The van der Waals surface area contributed by atoms with Crippen molar-refractivity contribution in [1.29, 1.82) is 0 Å². The van der Waals surface area contributed by atoms with Gasteiger partial charge in [-0.1, -0.05) is 23.8 Å². The summed E-state index contributed by atoms with van der Waals surface area (Å²) in [5.74, 6) is 2.46. The van der Waals surface area contributed by atoms with E-state index in [2.05, 4.69) is 12.2 Å². The molecule has 0 radical (unpaired) electrons. The molecule has 2 aromatic rings. The van der Waals surface area contributed by atoms with Crippen molar-refractivity contribution in [2.75, 3.05) is 27.4 Å². The number of hydrogen-bond acceptors (Lipinski definition) is 4. The SMILES string of the molecule is CNCc1ccc(OC)cc1OCCOc1ccc(C)cc1. The lowest BCUT2D eigenvalue weighted by Gasteiger charge is -2.13. The first-order valence-corrected chi connectivity index (χ1v) is 7.36. The summed E-state index contributed by atoms with van der Waals surface area (Å²) in [6.07, 6.45) is 0. The highest BCUT2D eigenvalue weighted by atomic mass is 16.5. The lowest BCUT2D eigenvalue weighted by atomic mass is 10.2. The third-order valence-electron chi connectivity index (χ3n) is 3.27. The van der Waals surface area contributed by atoms with Gasteiger partial charge in [-0.25, -0.2) is 0 Å². The predicted octanol–water partition coefficient (Wildman–Crippen LogP) is 3.18. The Kier molecular flexibility index (Phi) is 6.10. The maximum absolute atomic E-state index is 5.83. The van der Waals surface area contributed by atoms with Crippen molar-refractivity contribution in [2.45, 2.75) is 13.5 Å². The van der Waals surface area contributed by atoms with Gasteiger partial charge in [0.25, 0.3) is 0 Å². The lowest BCUT2D eigenvalue weighted by Crippen LogP contribution is -2.12. The van der Waals surface area contributed by atoms with Gasteiger partial charge in [-0.2, -0.15) is 0 Å². The Bertz CT molecular complexity index is 581. The van der Waals surface area contributed by atoms with Gasteiger partial charge >= 0.3 is 0 Å². The van der Waals surface area contributed by atoms with E-state index in [4.69, 9.17) is 14.2 Å². The zero-order valence-corrected chi connectivity index (χ0v) is 13.4. The van der Waals surface area contributed by atoms with Crippen LogP contribution in [0.1, 0.15) is 11.1 Å². The molecule has 0 bridgehead atoms. The number of benzene rings is 2. The van der Waals surface area contributed by atoms with Gasteiger partial charge in [0.1, 0.15) is 30.5 Å². The molecule has 22 heavy (non-hydrogen) atoms. The summed E-state index contributed by atoms with van der Waals surface area (Å²) >= 11 is 0. The normalized spacial score (nSPS) is 10.3. The van der Waals surface area contributed by atoms with Gasteiger partial charge < -0.3 is 19.5 Å². The van der Waals surface area contributed by atoms with Crippen molar-refractivity contribution in [2.24, 2.45) is 0 Å². The average molecular weight is 301 g/mol. The van der Waals surface area contributed by atoms with Gasteiger partial charge in [-0.15, -0.1) is 0 Å². The molecule has 0 unspecified atom stereocenters. The molecule has 0 aliphatic rings. The Hall–Kier alpha value is -2.20. The zero-order valence-electron chi connectivity index (χ0n) is 13.4. The monoisotopic (exact) mass is 301 g/mol. The maximum atomic E-state index is 5.83. The summed E-state index contributed by atoms with van der Waals surface area (Å²) in [6.45, 7) is 3.79. The first-order chi connectivity index (χ1) is 10.7. The minimum Gasteiger partial charge on any atom is -0.497 e. The third kappa shape index (κ3) is 4.67. The second kappa shape index (κ2) is 8.29. The van der Waals surface area contributed by atoms with Gasteiger partial charge in [0.05, 0.1) is 7.11 Å². The summed E-state index contributed by atoms with van der Waals surface area (Å²) in [6, 6.07) is 13.8. The number of methoxy groups -OCH3 is 1. The number of ether oxygens (including phenoxy) is 3. The van der Waals surface area contributed by atoms with Gasteiger partial charge in [0.2, 0.25) is 0 Å². The van der Waals surface area contributed by atoms with Gasteiger partial charge in [0, 0.05) is 18.2 Å². The van der Waals surface area contributed by atoms with E-state index in [1.54, 1.807) is 7.11 Å². The van der Waals surface area contributed by atoms with Crippen molar-refractivity contribution in [3.05, 3.63) is 53.6 Å². The topological polar surface area (TPSA) is 39.7 Å². The summed E-state index contributed by atoms with van der Waals surface area (Å²) in [5.41, 5.74) is 2.32. The highest BCUT2D eigenvalue weighted by molar-refractivity contribution is 5.40. The van der Waals surface area contributed by atoms with E-state index in [0.29, 0.717) is 13.2 Å². The van der Waals surface area contributed by atoms with E-state index in [1.807, 2.05) is 49.5 Å². The quantitative estimate of drug-likeness (QED) is 0.760. The fourth-order valence-corrected chi connectivity index (χ4v) is 2.08. The first-order valence-electron chi connectivity index (χ1n) is 7.36. The van der Waals surface area contributed by atoms with E-state index in [0.717, 1.165) is 29.4 Å². The number of aryl methyl sites for hydroxylation is 1. The molecule has 0 aliphatic carbocycles. The van der Waals surface area contributed by atoms with E-state index < -0.39 is 0 Å². The van der Waals surface area contributed by atoms with Crippen LogP contribution in [0.2, 0.25) is 0 Å². The molecule has 0 aliphatic heterocycles. The zero-order chi connectivity index (χ0) is 15.8. The van der Waals surface area contributed by atoms with Crippen LogP contribution in [-0.2, 0) is 6.54 Å². The second-order valence-electron chi connectivity index (χ2n) is 5.01. The minimum absolute atomic E-state index is 0.484. The van der Waals surface area contributed by atoms with Gasteiger partial charge in [0.15, 0.2) is 0 Å². The Morgan fingerprint density at radius 2 is 1.59 bits per heavy atom. The van der Waals surface area contributed by atoms with Gasteiger partial charge in [-0.05, 0) is 32.2 Å². The van der Waals surface area contributed by atoms with Crippen molar-refractivity contribution in [1.82, 2.24) is 5.32 Å². The molecule has 2 aromatic carbocycles. The van der Waals surface area contributed by atoms with Crippen LogP contribution in [0.3, 0.4) is 0 Å². The molecule has 0 spiro atoms. The van der Waals surface area contributed by atoms with Crippen molar-refractivity contribution < 1.29 is 14.2 Å². The second-order valence-corrected chi connectivity index (χ2v) is 5.01. The highest BCUT2D eigenvalue weighted by Crippen LogP contribution is 2.24. The fraction of sp³-hybridized carbons (Fsp3) is 0.333. The highest BCUT2D eigenvalue weighted by Gasteiger charge is 2.05. The maximum Gasteiger partial charge on any atom is 0.127 e. The molecule has 0 heterocycles. The van der Waals surface area contributed by atoms with Crippen molar-refractivity contribution >= 4 is 0 Å². The number of nitrogens with one attached hydrogen (secondary N) is 1. The largest absolute Gasteiger partial charge is 0.497 e. The van der Waals surface area contributed by atoms with Crippen LogP contribution in [0.25, 0.3) is 0 Å². The van der Waals surface area contributed by atoms with Gasteiger partial charge in [-0.3, -0.25) is 0 Å². The Balaban J connectivity index is 1.88. The first kappa shape index (κ1) is 16.2. The molecule has 0 atom stereocenters. The molecule has 0 amide bonds. The smallest absolute Gasteiger partial charge is 0.127 e. The summed E-state index contributed by atoms with van der Waals surface area (Å²) in [5, 5.41) is 3.13. The molecule has 4 heteroatoms. The third-order valence-corrected chi connectivity index (χ3v) is 3.27. The summed E-state index contributed by atoms with van der Waals surface area (Å²) in [7, 11) is 3.56. The fourth-order valence-electron chi connectivity index (χ4n) is 2.08. The van der Waals surface area contributed by atoms with Crippen molar-refractivity contribution in [3.8, 4) is 17.2 Å². The summed E-state index contributed by atoms with van der Waals surface area (Å²) in [4.78, 5) is 0. The molecule has 1 N–H and O–H groups in total. The molecule has 2 rings (SSSR count). The van der Waals surface area contributed by atoms with Crippen molar-refractivity contribution in [3.63, 3.8) is 0 Å². The molecular formula is C18H23NO3. The minimum atomic E-state index is 0.484. The Labute approximate surface area is 132 Å². The Morgan fingerprint density at radius 3 is 2.27 bits per heavy atom. The summed E-state index contributed by atoms with van der Waals surface area (Å²) < 4.78 is 16.7. The van der Waals surface area contributed by atoms with E-state index in [9.17, 15) is 0 Å². The van der Waals surface area contributed by atoms with E-state index in [-0.39, 0.29) is 0 Å². The molecule has 118 valence electrons. The lowest BCUT2D eigenvalue weighted by molar-refractivity contribution is 0.215. The molecule has 0 fully saturated rings. The average Bonchev–Trinajstić information content (AvgIpc) is 2.54. The molecular weight excluding hydrogens is 278 g/mol. The number of hydrogen-bond donors (Lipinski definition) is 1. The van der Waals surface area contributed by atoms with Crippen LogP contribution in [0, 0.1) is 6.92 Å². The Morgan fingerprint density at radius 1 is 0.909 bits per heavy atom. The van der Waals surface area contributed by atoms with Crippen LogP contribution in [-0.4, -0.2) is 27.4 Å². The van der Waals surface area contributed by atoms with Crippen LogP contribution in [0.4, 0.5) is 0 Å². The molecule has 0 saturated heterocycles. The van der Waals surface area contributed by atoms with Crippen LogP contribution >= 0.6 is 0 Å². The molecule has 0 saturated carbocycles. The molecule has 0 aromatic heterocycles. The van der Waals surface area contributed by atoms with Crippen LogP contribution in [0.5, 0.6) is 17.2 Å². The van der Waals surface area contributed by atoms with E-state index >= 15 is 0 Å². The predicted molar refractivity (Wildman–Crippen MR) is 87.9 cm³/mol. The van der Waals surface area contributed by atoms with Crippen LogP contribution < -0.4 is 19.5 Å². The standard InChI is InChI=1S/C18H23NO3/c1-14-4-7-16(8-5-14)21-10-11-22-18-12-17(20-3)9-6-15(18)13-19-2/h4-9,12,19H,10-11,13H2,1-3H3. The molecule has 4 nitrogen and oxygen atoms in total. The van der Waals surface area contributed by atoms with Crippen LogP contribution in [0.15, 0.2) is 42.5 Å². The van der Waals surface area contributed by atoms with E-state index in [1.165, 1.54) is 5.56 Å².